The fourth-order valence-corrected chi connectivity index (χ4v) is 5.17. The number of ether oxygens (including phenoxy) is 1. The van der Waals surface area contributed by atoms with Crippen LogP contribution >= 0.6 is 0 Å². The van der Waals surface area contributed by atoms with Gasteiger partial charge in [-0.05, 0) is 43.0 Å². The molecule has 4 amide bonds. The average molecular weight is 493 g/mol. The lowest BCUT2D eigenvalue weighted by Gasteiger charge is -2.37. The first-order valence-corrected chi connectivity index (χ1v) is 12.6. The minimum Gasteiger partial charge on any atom is -0.439 e. The third-order valence-corrected chi connectivity index (χ3v) is 7.28. The zero-order valence-corrected chi connectivity index (χ0v) is 20.3. The van der Waals surface area contributed by atoms with Crippen LogP contribution in [0.5, 0.6) is 0 Å². The lowest BCUT2D eigenvalue weighted by Crippen LogP contribution is -2.51. The zero-order valence-electron chi connectivity index (χ0n) is 20.3. The Bertz CT molecular complexity index is 1080. The van der Waals surface area contributed by atoms with Crippen LogP contribution in [-0.2, 0) is 16.0 Å². The number of para-hydroxylation sites is 1. The van der Waals surface area contributed by atoms with Crippen molar-refractivity contribution in [2.24, 2.45) is 0 Å². The van der Waals surface area contributed by atoms with E-state index in [1.54, 1.807) is 22.2 Å². The molecule has 2 saturated heterocycles. The average Bonchev–Trinajstić information content (AvgIpc) is 3.10. The Kier molecular flexibility index (Phi) is 7.20. The molecule has 2 aromatic rings. The first kappa shape index (κ1) is 23.9. The molecule has 1 aromatic heterocycles. The van der Waals surface area contributed by atoms with Crippen LogP contribution < -0.4 is 10.2 Å². The highest BCUT2D eigenvalue weighted by Gasteiger charge is 2.32. The van der Waals surface area contributed by atoms with Gasteiger partial charge in [0.05, 0.1) is 0 Å². The van der Waals surface area contributed by atoms with Crippen molar-refractivity contribution < 1.29 is 19.1 Å². The van der Waals surface area contributed by atoms with Crippen LogP contribution in [0.2, 0.25) is 0 Å². The first-order valence-electron chi connectivity index (χ1n) is 12.6. The third-order valence-electron chi connectivity index (χ3n) is 7.28. The summed E-state index contributed by atoms with van der Waals surface area (Å²) in [5, 5.41) is 3.01. The number of piperidine rings is 1. The number of nitrogens with one attached hydrogen (secondary N) is 1. The van der Waals surface area contributed by atoms with E-state index in [2.05, 4.69) is 15.2 Å². The number of benzene rings is 1. The number of piperazine rings is 1. The van der Waals surface area contributed by atoms with Crippen molar-refractivity contribution in [3.8, 4) is 0 Å². The van der Waals surface area contributed by atoms with Crippen LogP contribution in [0, 0.1) is 0 Å². The number of anilines is 2. The molecule has 0 saturated carbocycles. The Hall–Kier alpha value is -3.82. The number of nitrogens with zero attached hydrogens (tertiary/aromatic N) is 5. The highest BCUT2D eigenvalue weighted by molar-refractivity contribution is 5.91. The van der Waals surface area contributed by atoms with Gasteiger partial charge in [0.15, 0.2) is 6.61 Å². The van der Waals surface area contributed by atoms with Gasteiger partial charge in [0.2, 0.25) is 0 Å². The van der Waals surface area contributed by atoms with E-state index in [1.165, 1.54) is 0 Å². The second-order valence-electron chi connectivity index (χ2n) is 9.38. The Morgan fingerprint density at radius 1 is 0.917 bits per heavy atom. The number of hydrogen-bond acceptors (Lipinski definition) is 6. The van der Waals surface area contributed by atoms with Crippen LogP contribution in [0.3, 0.4) is 0 Å². The topological polar surface area (TPSA) is 98.3 Å². The van der Waals surface area contributed by atoms with Crippen LogP contribution in [0.15, 0.2) is 48.8 Å². The number of rotatable bonds is 4. The Balaban J connectivity index is 1.04. The highest BCUT2D eigenvalue weighted by atomic mass is 16.6. The quantitative estimate of drug-likeness (QED) is 0.704. The van der Waals surface area contributed by atoms with Gasteiger partial charge < -0.3 is 29.7 Å². The molecule has 0 atom stereocenters. The molecule has 0 bridgehead atoms. The molecule has 2 fully saturated rings. The van der Waals surface area contributed by atoms with Gasteiger partial charge in [0, 0.05) is 75.6 Å². The molecule has 3 aliphatic rings. The zero-order chi connectivity index (χ0) is 24.9. The summed E-state index contributed by atoms with van der Waals surface area (Å²) < 4.78 is 5.35. The molecule has 4 heterocycles. The van der Waals surface area contributed by atoms with Gasteiger partial charge in [-0.1, -0.05) is 18.2 Å². The molecule has 1 N–H and O–H groups in total. The lowest BCUT2D eigenvalue weighted by molar-refractivity contribution is -0.135. The fraction of sp³-hybridized carbons (Fsp3) is 0.462. The second kappa shape index (κ2) is 10.8. The number of carbonyl (C=O) groups is 3. The summed E-state index contributed by atoms with van der Waals surface area (Å²) in [7, 11) is 0. The van der Waals surface area contributed by atoms with E-state index in [0.29, 0.717) is 45.6 Å². The molecule has 0 unspecified atom stereocenters. The number of aromatic nitrogens is 1. The minimum atomic E-state index is -0.468. The summed E-state index contributed by atoms with van der Waals surface area (Å²) in [6.07, 6.45) is 5.22. The number of urea groups is 1. The van der Waals surface area contributed by atoms with E-state index in [4.69, 9.17) is 4.74 Å². The van der Waals surface area contributed by atoms with Gasteiger partial charge in [-0.2, -0.15) is 0 Å². The summed E-state index contributed by atoms with van der Waals surface area (Å²) in [6, 6.07) is 11.8. The monoisotopic (exact) mass is 492 g/mol. The molecular formula is C26H32N6O4. The molecular weight excluding hydrogens is 460 g/mol. The standard InChI is InChI=1S/C26H32N6O4/c33-24(30-17-15-29(16-18-30)21-5-10-27-11-6-21)19-36-26(35)31-12-8-22(9-13-31)32-14-7-20-3-1-2-4-23(20)28-25(32)34/h1-6,10-11,22H,7-9,12-19H2,(H,28,34). The van der Waals surface area contributed by atoms with E-state index in [-0.39, 0.29) is 24.6 Å². The van der Waals surface area contributed by atoms with Crippen molar-refractivity contribution in [1.82, 2.24) is 19.7 Å². The van der Waals surface area contributed by atoms with E-state index < -0.39 is 6.09 Å². The predicted molar refractivity (Wildman–Crippen MR) is 135 cm³/mol. The van der Waals surface area contributed by atoms with Gasteiger partial charge in [-0.15, -0.1) is 0 Å². The normalized spacial score (nSPS) is 18.8. The second-order valence-corrected chi connectivity index (χ2v) is 9.38. The number of fused-ring (bicyclic) bond motifs is 1. The summed E-state index contributed by atoms with van der Waals surface area (Å²) in [4.78, 5) is 49.5. The first-order chi connectivity index (χ1) is 17.6. The van der Waals surface area contributed by atoms with E-state index in [0.717, 1.165) is 36.4 Å². The maximum absolute atomic E-state index is 12.8. The molecule has 10 heteroatoms. The number of likely N-dealkylation sites (tertiary alicyclic amines) is 1. The molecule has 0 aliphatic carbocycles. The van der Waals surface area contributed by atoms with Gasteiger partial charge in [0.1, 0.15) is 0 Å². The van der Waals surface area contributed by atoms with Crippen LogP contribution in [0.25, 0.3) is 0 Å². The van der Waals surface area contributed by atoms with Crippen molar-refractivity contribution in [2.75, 3.05) is 62.6 Å². The van der Waals surface area contributed by atoms with Crippen molar-refractivity contribution in [2.45, 2.75) is 25.3 Å². The Morgan fingerprint density at radius 3 is 2.39 bits per heavy atom. The van der Waals surface area contributed by atoms with Crippen LogP contribution in [0.4, 0.5) is 21.0 Å². The summed E-state index contributed by atoms with van der Waals surface area (Å²) in [5.41, 5.74) is 3.10. The molecule has 5 rings (SSSR count). The molecule has 36 heavy (non-hydrogen) atoms. The van der Waals surface area contributed by atoms with Crippen molar-refractivity contribution in [1.29, 1.82) is 0 Å². The molecule has 3 aliphatic heterocycles. The Labute approximate surface area is 210 Å². The number of carbonyl (C=O) groups excluding carboxylic acids is 3. The fourth-order valence-electron chi connectivity index (χ4n) is 5.17. The maximum atomic E-state index is 12.8. The summed E-state index contributed by atoms with van der Waals surface area (Å²) in [6.45, 7) is 4.04. The number of pyridine rings is 1. The Morgan fingerprint density at radius 2 is 1.64 bits per heavy atom. The van der Waals surface area contributed by atoms with Gasteiger partial charge in [-0.25, -0.2) is 9.59 Å². The highest BCUT2D eigenvalue weighted by Crippen LogP contribution is 2.24. The van der Waals surface area contributed by atoms with Crippen LogP contribution in [0.1, 0.15) is 18.4 Å². The van der Waals surface area contributed by atoms with Gasteiger partial charge in [0.25, 0.3) is 5.91 Å². The predicted octanol–water partition coefficient (Wildman–Crippen LogP) is 2.42. The van der Waals surface area contributed by atoms with E-state index in [1.807, 2.05) is 41.3 Å². The van der Waals surface area contributed by atoms with Crippen molar-refractivity contribution in [3.05, 3.63) is 54.4 Å². The molecule has 1 aromatic carbocycles. The van der Waals surface area contributed by atoms with E-state index >= 15 is 0 Å². The third kappa shape index (κ3) is 5.37. The lowest BCUT2D eigenvalue weighted by atomic mass is 10.0. The number of amides is 4. The van der Waals surface area contributed by atoms with Gasteiger partial charge >= 0.3 is 12.1 Å². The molecule has 0 radical (unpaired) electrons. The van der Waals surface area contributed by atoms with Crippen LogP contribution in [-0.4, -0.2) is 96.2 Å². The molecule has 10 nitrogen and oxygen atoms in total. The smallest absolute Gasteiger partial charge is 0.410 e. The SMILES string of the molecule is O=C(COC(=O)N1CCC(N2CCc3ccccc3NC2=O)CC1)N1CCN(c2ccncc2)CC1. The van der Waals surface area contributed by atoms with Crippen molar-refractivity contribution >= 4 is 29.4 Å². The minimum absolute atomic E-state index is 0.0710. The molecule has 190 valence electrons. The number of hydrogen-bond donors (Lipinski definition) is 1. The maximum Gasteiger partial charge on any atom is 0.410 e. The van der Waals surface area contributed by atoms with Crippen molar-refractivity contribution in [3.63, 3.8) is 0 Å². The largest absolute Gasteiger partial charge is 0.439 e. The van der Waals surface area contributed by atoms with E-state index in [9.17, 15) is 14.4 Å². The summed E-state index contributed by atoms with van der Waals surface area (Å²) >= 11 is 0. The van der Waals surface area contributed by atoms with Gasteiger partial charge in [-0.3, -0.25) is 9.78 Å². The molecule has 0 spiro atoms. The summed E-state index contributed by atoms with van der Waals surface area (Å²) in [5.74, 6) is -0.173.